The van der Waals surface area contributed by atoms with Gasteiger partial charge in [0.2, 0.25) is 5.91 Å². The van der Waals surface area contributed by atoms with Crippen molar-refractivity contribution in [1.29, 1.82) is 0 Å². The average molecular weight is 322 g/mol. The zero-order valence-corrected chi connectivity index (χ0v) is 14.1. The van der Waals surface area contributed by atoms with E-state index in [1.807, 2.05) is 12.1 Å². The number of carbonyl (C=O) groups excluding carboxylic acids is 1. The van der Waals surface area contributed by atoms with Crippen molar-refractivity contribution in [3.63, 3.8) is 0 Å². The maximum absolute atomic E-state index is 12.1. The molecule has 1 amide bonds. The Morgan fingerprint density at radius 3 is 2.70 bits per heavy atom. The first-order valence-electron chi connectivity index (χ1n) is 7.93. The molecule has 1 atom stereocenters. The maximum Gasteiger partial charge on any atom is 0.221 e. The Kier molecular flexibility index (Phi) is 6.67. The van der Waals surface area contributed by atoms with E-state index >= 15 is 0 Å². The SMILES string of the molecule is COCCCNC(=O)C[C@@H]1NCCc2cc(OC)c(OC)cc21. The molecule has 2 N–H and O–H groups in total. The predicted molar refractivity (Wildman–Crippen MR) is 88.1 cm³/mol. The molecular weight excluding hydrogens is 296 g/mol. The first-order chi connectivity index (χ1) is 11.2. The van der Waals surface area contributed by atoms with Gasteiger partial charge >= 0.3 is 0 Å². The fourth-order valence-electron chi connectivity index (χ4n) is 2.85. The summed E-state index contributed by atoms with van der Waals surface area (Å²) in [6, 6.07) is 3.99. The van der Waals surface area contributed by atoms with E-state index in [4.69, 9.17) is 14.2 Å². The van der Waals surface area contributed by atoms with E-state index in [-0.39, 0.29) is 11.9 Å². The third-order valence-electron chi connectivity index (χ3n) is 4.04. The molecule has 0 saturated carbocycles. The monoisotopic (exact) mass is 322 g/mol. The third-order valence-corrected chi connectivity index (χ3v) is 4.04. The Hall–Kier alpha value is -1.79. The van der Waals surface area contributed by atoms with Crippen LogP contribution in [0.3, 0.4) is 0 Å². The molecule has 1 aliphatic heterocycles. The van der Waals surface area contributed by atoms with Gasteiger partial charge in [0.05, 0.1) is 14.2 Å². The lowest BCUT2D eigenvalue weighted by Crippen LogP contribution is -2.35. The molecule has 1 aromatic carbocycles. The Morgan fingerprint density at radius 1 is 1.26 bits per heavy atom. The first kappa shape index (κ1) is 17.6. The van der Waals surface area contributed by atoms with Crippen LogP contribution in [0.4, 0.5) is 0 Å². The van der Waals surface area contributed by atoms with Crippen LogP contribution < -0.4 is 20.1 Å². The lowest BCUT2D eigenvalue weighted by molar-refractivity contribution is -0.121. The molecule has 6 nitrogen and oxygen atoms in total. The van der Waals surface area contributed by atoms with Crippen LogP contribution >= 0.6 is 0 Å². The largest absolute Gasteiger partial charge is 0.493 e. The van der Waals surface area contributed by atoms with E-state index < -0.39 is 0 Å². The van der Waals surface area contributed by atoms with E-state index in [2.05, 4.69) is 10.6 Å². The van der Waals surface area contributed by atoms with Gasteiger partial charge in [0.25, 0.3) is 0 Å². The molecule has 6 heteroatoms. The van der Waals surface area contributed by atoms with E-state index in [0.717, 1.165) is 30.7 Å². The minimum Gasteiger partial charge on any atom is -0.493 e. The van der Waals surface area contributed by atoms with Crippen LogP contribution in [0.1, 0.15) is 30.0 Å². The molecule has 0 spiro atoms. The lowest BCUT2D eigenvalue weighted by Gasteiger charge is -2.27. The van der Waals surface area contributed by atoms with Gasteiger partial charge in [-0.25, -0.2) is 0 Å². The van der Waals surface area contributed by atoms with Crippen LogP contribution in [0.15, 0.2) is 12.1 Å². The number of fused-ring (bicyclic) bond motifs is 1. The van der Waals surface area contributed by atoms with Crippen LogP contribution in [0.5, 0.6) is 11.5 Å². The van der Waals surface area contributed by atoms with E-state index in [9.17, 15) is 4.79 Å². The molecule has 0 bridgehead atoms. The summed E-state index contributed by atoms with van der Waals surface area (Å²) < 4.78 is 15.7. The fourth-order valence-corrected chi connectivity index (χ4v) is 2.85. The number of nitrogens with one attached hydrogen (secondary N) is 2. The van der Waals surface area contributed by atoms with Crippen molar-refractivity contribution in [3.8, 4) is 11.5 Å². The molecule has 0 radical (unpaired) electrons. The van der Waals surface area contributed by atoms with Crippen LogP contribution in [0.2, 0.25) is 0 Å². The van der Waals surface area contributed by atoms with Gasteiger partial charge in [0.1, 0.15) is 0 Å². The second kappa shape index (κ2) is 8.74. The number of hydrogen-bond donors (Lipinski definition) is 2. The minimum absolute atomic E-state index is 0.000909. The van der Waals surface area contributed by atoms with Crippen molar-refractivity contribution < 1.29 is 19.0 Å². The number of methoxy groups -OCH3 is 3. The third kappa shape index (κ3) is 4.59. The molecule has 0 aliphatic carbocycles. The van der Waals surface area contributed by atoms with Crippen LogP contribution in [0.25, 0.3) is 0 Å². The summed E-state index contributed by atoms with van der Waals surface area (Å²) in [6.45, 7) is 2.14. The molecule has 0 aromatic heterocycles. The van der Waals surface area contributed by atoms with Crippen molar-refractivity contribution in [3.05, 3.63) is 23.3 Å². The number of hydrogen-bond acceptors (Lipinski definition) is 5. The van der Waals surface area contributed by atoms with Crippen LogP contribution in [-0.2, 0) is 16.0 Å². The highest BCUT2D eigenvalue weighted by Crippen LogP contribution is 2.36. The van der Waals surface area contributed by atoms with Crippen molar-refractivity contribution in [1.82, 2.24) is 10.6 Å². The summed E-state index contributed by atoms with van der Waals surface area (Å²) in [5, 5.41) is 6.35. The molecule has 1 aromatic rings. The molecule has 2 rings (SSSR count). The summed E-state index contributed by atoms with van der Waals surface area (Å²) in [4.78, 5) is 12.1. The van der Waals surface area contributed by atoms with E-state index in [1.54, 1.807) is 21.3 Å². The van der Waals surface area contributed by atoms with Crippen LogP contribution in [0, 0.1) is 0 Å². The molecule has 1 heterocycles. The molecule has 1 aliphatic rings. The molecule has 0 unspecified atom stereocenters. The van der Waals surface area contributed by atoms with Crippen molar-refractivity contribution in [2.75, 3.05) is 41.0 Å². The molecular formula is C17H26N2O4. The highest BCUT2D eigenvalue weighted by atomic mass is 16.5. The smallest absolute Gasteiger partial charge is 0.221 e. The normalized spacial score (nSPS) is 16.6. The topological polar surface area (TPSA) is 68.8 Å². The van der Waals surface area contributed by atoms with Gasteiger partial charge in [-0.15, -0.1) is 0 Å². The van der Waals surface area contributed by atoms with E-state index in [0.29, 0.717) is 25.3 Å². The number of ether oxygens (including phenoxy) is 3. The highest BCUT2D eigenvalue weighted by Gasteiger charge is 2.24. The summed E-state index contributed by atoms with van der Waals surface area (Å²) in [7, 11) is 4.92. The van der Waals surface area contributed by atoms with Crippen molar-refractivity contribution in [2.45, 2.75) is 25.3 Å². The van der Waals surface area contributed by atoms with Gasteiger partial charge in [-0.05, 0) is 42.6 Å². The second-order valence-electron chi connectivity index (χ2n) is 5.56. The van der Waals surface area contributed by atoms with Gasteiger partial charge in [0.15, 0.2) is 11.5 Å². The van der Waals surface area contributed by atoms with Crippen molar-refractivity contribution >= 4 is 5.91 Å². The zero-order chi connectivity index (χ0) is 16.7. The second-order valence-corrected chi connectivity index (χ2v) is 5.56. The van der Waals surface area contributed by atoms with E-state index in [1.165, 1.54) is 5.56 Å². The Labute approximate surface area is 137 Å². The number of rotatable bonds is 8. The Morgan fingerprint density at radius 2 is 2.00 bits per heavy atom. The maximum atomic E-state index is 12.1. The average Bonchev–Trinajstić information content (AvgIpc) is 2.57. The minimum atomic E-state index is 0.000909. The standard InChI is InChI=1S/C17H26N2O4/c1-21-8-4-6-19-17(20)11-14-13-10-16(23-3)15(22-2)9-12(13)5-7-18-14/h9-10,14,18H,4-8,11H2,1-3H3,(H,19,20)/t14-/m0/s1. The summed E-state index contributed by atoms with van der Waals surface area (Å²) in [6.07, 6.45) is 2.15. The van der Waals surface area contributed by atoms with Gasteiger partial charge in [0, 0.05) is 32.7 Å². The summed E-state index contributed by atoms with van der Waals surface area (Å²) in [5.41, 5.74) is 2.32. The number of amides is 1. The fraction of sp³-hybridized carbons (Fsp3) is 0.588. The van der Waals surface area contributed by atoms with Gasteiger partial charge in [-0.3, -0.25) is 4.79 Å². The summed E-state index contributed by atoms with van der Waals surface area (Å²) >= 11 is 0. The predicted octanol–water partition coefficient (Wildman–Crippen LogP) is 1.43. The molecule has 23 heavy (non-hydrogen) atoms. The number of carbonyl (C=O) groups is 1. The molecule has 128 valence electrons. The zero-order valence-electron chi connectivity index (χ0n) is 14.1. The van der Waals surface area contributed by atoms with Crippen LogP contribution in [-0.4, -0.2) is 46.9 Å². The summed E-state index contributed by atoms with van der Waals surface area (Å²) in [5.74, 6) is 1.47. The van der Waals surface area contributed by atoms with Gasteiger partial charge in [-0.1, -0.05) is 0 Å². The number of benzene rings is 1. The highest BCUT2D eigenvalue weighted by molar-refractivity contribution is 5.77. The molecule has 0 fully saturated rings. The Bertz CT molecular complexity index is 534. The van der Waals surface area contributed by atoms with Crippen molar-refractivity contribution in [2.24, 2.45) is 0 Å². The quantitative estimate of drug-likeness (QED) is 0.709. The van der Waals surface area contributed by atoms with Gasteiger partial charge < -0.3 is 24.8 Å². The van der Waals surface area contributed by atoms with Gasteiger partial charge in [-0.2, -0.15) is 0 Å². The first-order valence-corrected chi connectivity index (χ1v) is 7.93. The Balaban J connectivity index is 2.04. The lowest BCUT2D eigenvalue weighted by atomic mass is 9.91. The molecule has 0 saturated heterocycles.